The van der Waals surface area contributed by atoms with Crippen LogP contribution in [0, 0.1) is 0 Å². The summed E-state index contributed by atoms with van der Waals surface area (Å²) in [6, 6.07) is 3.67. The molecule has 0 fully saturated rings. The second kappa shape index (κ2) is 4.76. The molecule has 5 heteroatoms. The minimum atomic E-state index is -1.01. The molecule has 0 bridgehead atoms. The normalized spacial score (nSPS) is 8.62. The van der Waals surface area contributed by atoms with Crippen molar-refractivity contribution in [3.63, 3.8) is 0 Å². The predicted molar refractivity (Wildman–Crippen MR) is 44.4 cm³/mol. The number of rotatable bonds is 0. The summed E-state index contributed by atoms with van der Waals surface area (Å²) >= 11 is 0. The number of nitrogens with zero attached hydrogens (tertiary/aromatic N) is 2. The highest BCUT2D eigenvalue weighted by molar-refractivity contribution is 5.67. The number of carbonyl (C=O) groups is 1. The highest BCUT2D eigenvalue weighted by Gasteiger charge is 1.94. The van der Waals surface area contributed by atoms with Gasteiger partial charge in [-0.25, -0.2) is 14.3 Å². The first kappa shape index (κ1) is 9.05. The minimum absolute atomic E-state index is 0.972. The SMILES string of the molecule is O=C(O)n1ccnc1.c1ccoc1. The Morgan fingerprint density at radius 1 is 1.38 bits per heavy atom. The second-order valence-electron chi connectivity index (χ2n) is 2.05. The van der Waals surface area contributed by atoms with Gasteiger partial charge in [-0.3, -0.25) is 0 Å². The summed E-state index contributed by atoms with van der Waals surface area (Å²) < 4.78 is 5.56. The molecule has 13 heavy (non-hydrogen) atoms. The van der Waals surface area contributed by atoms with Crippen molar-refractivity contribution in [3.05, 3.63) is 43.4 Å². The van der Waals surface area contributed by atoms with Gasteiger partial charge in [-0.05, 0) is 12.1 Å². The number of imidazole rings is 1. The molecule has 2 aromatic rings. The van der Waals surface area contributed by atoms with E-state index in [2.05, 4.69) is 9.40 Å². The molecule has 0 aromatic carbocycles. The fourth-order valence-corrected chi connectivity index (χ4v) is 0.599. The number of aromatic nitrogens is 2. The van der Waals surface area contributed by atoms with Crippen LogP contribution in [0.15, 0.2) is 47.8 Å². The molecule has 0 aliphatic carbocycles. The number of hydrogen-bond donors (Lipinski definition) is 1. The number of carboxylic acid groups (broad SMARTS) is 1. The second-order valence-corrected chi connectivity index (χ2v) is 2.05. The quantitative estimate of drug-likeness (QED) is 0.669. The summed E-state index contributed by atoms with van der Waals surface area (Å²) in [5, 5.41) is 8.20. The fraction of sp³-hybridized carbons (Fsp3) is 0. The fourth-order valence-electron chi connectivity index (χ4n) is 0.599. The van der Waals surface area contributed by atoms with Crippen LogP contribution in [-0.4, -0.2) is 20.8 Å². The van der Waals surface area contributed by atoms with Gasteiger partial charge in [0.1, 0.15) is 6.33 Å². The van der Waals surface area contributed by atoms with Crippen LogP contribution in [0.4, 0.5) is 4.79 Å². The summed E-state index contributed by atoms with van der Waals surface area (Å²) in [6.07, 6.45) is 6.24. The molecule has 68 valence electrons. The number of hydrogen-bond acceptors (Lipinski definition) is 3. The van der Waals surface area contributed by atoms with Gasteiger partial charge in [-0.2, -0.15) is 0 Å². The molecule has 0 amide bonds. The van der Waals surface area contributed by atoms with Crippen LogP contribution < -0.4 is 0 Å². The molecule has 2 rings (SSSR count). The topological polar surface area (TPSA) is 68.3 Å². The van der Waals surface area contributed by atoms with Gasteiger partial charge in [0.25, 0.3) is 0 Å². The zero-order valence-corrected chi connectivity index (χ0v) is 6.70. The average Bonchev–Trinajstić information content (AvgIpc) is 2.82. The highest BCUT2D eigenvalue weighted by Crippen LogP contribution is 1.81. The van der Waals surface area contributed by atoms with E-state index in [4.69, 9.17) is 5.11 Å². The molecule has 0 spiro atoms. The van der Waals surface area contributed by atoms with Crippen LogP contribution in [0.25, 0.3) is 0 Å². The zero-order chi connectivity index (χ0) is 9.52. The van der Waals surface area contributed by atoms with E-state index in [-0.39, 0.29) is 0 Å². The Kier molecular flexibility index (Phi) is 3.31. The van der Waals surface area contributed by atoms with Crippen LogP contribution in [0.5, 0.6) is 0 Å². The summed E-state index contributed by atoms with van der Waals surface area (Å²) in [4.78, 5) is 13.5. The average molecular weight is 180 g/mol. The molecular formula is C8H8N2O3. The summed E-state index contributed by atoms with van der Waals surface area (Å²) in [6.45, 7) is 0. The predicted octanol–water partition coefficient (Wildman–Crippen LogP) is 1.69. The molecule has 0 aliphatic rings. The lowest BCUT2D eigenvalue weighted by atomic mass is 10.7. The van der Waals surface area contributed by atoms with Crippen molar-refractivity contribution in [1.29, 1.82) is 0 Å². The smallest absolute Gasteiger partial charge is 0.416 e. The van der Waals surface area contributed by atoms with Crippen LogP contribution in [0.3, 0.4) is 0 Å². The monoisotopic (exact) mass is 180 g/mol. The summed E-state index contributed by atoms with van der Waals surface area (Å²) in [5.41, 5.74) is 0. The maximum atomic E-state index is 9.98. The van der Waals surface area contributed by atoms with E-state index in [9.17, 15) is 4.79 Å². The van der Waals surface area contributed by atoms with Gasteiger partial charge in [0, 0.05) is 12.4 Å². The maximum Gasteiger partial charge on any atom is 0.416 e. The first-order valence-electron chi connectivity index (χ1n) is 3.49. The first-order chi connectivity index (χ1) is 6.30. The molecular weight excluding hydrogens is 172 g/mol. The Balaban J connectivity index is 0.000000145. The lowest BCUT2D eigenvalue weighted by Crippen LogP contribution is -2.03. The third-order valence-electron chi connectivity index (χ3n) is 1.15. The van der Waals surface area contributed by atoms with Crippen LogP contribution in [0.2, 0.25) is 0 Å². The van der Waals surface area contributed by atoms with E-state index in [0.717, 1.165) is 4.57 Å². The molecule has 0 radical (unpaired) electrons. The van der Waals surface area contributed by atoms with Crippen molar-refractivity contribution in [3.8, 4) is 0 Å². The van der Waals surface area contributed by atoms with Gasteiger partial charge in [0.2, 0.25) is 0 Å². The molecule has 5 nitrogen and oxygen atoms in total. The molecule has 1 N–H and O–H groups in total. The van der Waals surface area contributed by atoms with Crippen molar-refractivity contribution in [1.82, 2.24) is 9.55 Å². The van der Waals surface area contributed by atoms with Crippen LogP contribution in [-0.2, 0) is 0 Å². The van der Waals surface area contributed by atoms with Gasteiger partial charge >= 0.3 is 6.09 Å². The maximum absolute atomic E-state index is 9.98. The van der Waals surface area contributed by atoms with E-state index in [1.165, 1.54) is 18.7 Å². The molecule has 0 saturated carbocycles. The van der Waals surface area contributed by atoms with Crippen molar-refractivity contribution in [2.45, 2.75) is 0 Å². The van der Waals surface area contributed by atoms with Gasteiger partial charge in [0.05, 0.1) is 12.5 Å². The van der Waals surface area contributed by atoms with Crippen molar-refractivity contribution in [2.75, 3.05) is 0 Å². The largest absolute Gasteiger partial charge is 0.473 e. The van der Waals surface area contributed by atoms with Gasteiger partial charge < -0.3 is 9.52 Å². The third-order valence-corrected chi connectivity index (χ3v) is 1.15. The van der Waals surface area contributed by atoms with Crippen molar-refractivity contribution >= 4 is 6.09 Å². The minimum Gasteiger partial charge on any atom is -0.473 e. The Morgan fingerprint density at radius 2 is 2.08 bits per heavy atom. The molecule has 0 aliphatic heterocycles. The highest BCUT2D eigenvalue weighted by atomic mass is 16.4. The van der Waals surface area contributed by atoms with Crippen molar-refractivity contribution in [2.24, 2.45) is 0 Å². The lowest BCUT2D eigenvalue weighted by molar-refractivity contribution is 0.196. The van der Waals surface area contributed by atoms with E-state index in [0.29, 0.717) is 0 Å². The molecule has 2 heterocycles. The summed E-state index contributed by atoms with van der Waals surface area (Å²) in [5.74, 6) is 0. The third kappa shape index (κ3) is 3.24. The van der Waals surface area contributed by atoms with Gasteiger partial charge in [-0.15, -0.1) is 0 Å². The van der Waals surface area contributed by atoms with E-state index >= 15 is 0 Å². The Morgan fingerprint density at radius 3 is 2.31 bits per heavy atom. The van der Waals surface area contributed by atoms with Gasteiger partial charge in [-0.1, -0.05) is 0 Å². The Labute approximate surface area is 74.2 Å². The van der Waals surface area contributed by atoms with E-state index in [1.807, 2.05) is 12.1 Å². The van der Waals surface area contributed by atoms with Crippen LogP contribution in [0.1, 0.15) is 0 Å². The molecule has 0 saturated heterocycles. The molecule has 0 atom stereocenters. The Bertz CT molecular complexity index is 309. The van der Waals surface area contributed by atoms with E-state index in [1.54, 1.807) is 12.5 Å². The first-order valence-corrected chi connectivity index (χ1v) is 3.49. The molecule has 0 unspecified atom stereocenters. The lowest BCUT2D eigenvalue weighted by Gasteiger charge is -1.85. The Hall–Kier alpha value is -2.04. The number of furan rings is 1. The van der Waals surface area contributed by atoms with Crippen LogP contribution >= 0.6 is 0 Å². The van der Waals surface area contributed by atoms with Crippen molar-refractivity contribution < 1.29 is 14.3 Å². The van der Waals surface area contributed by atoms with Gasteiger partial charge in [0.15, 0.2) is 0 Å². The van der Waals surface area contributed by atoms with E-state index < -0.39 is 6.09 Å². The summed E-state index contributed by atoms with van der Waals surface area (Å²) in [7, 11) is 0. The molecule has 2 aromatic heterocycles. The zero-order valence-electron chi connectivity index (χ0n) is 6.70. The standard InChI is InChI=1S/C4H4N2O2.C4H4O/c7-4(8)6-2-1-5-3-6;1-2-4-5-3-1/h1-3H,(H,7,8);1-4H.